The first-order valence-electron chi connectivity index (χ1n) is 6.42. The van der Waals surface area contributed by atoms with E-state index in [1.165, 1.54) is 0 Å². The van der Waals surface area contributed by atoms with E-state index in [0.717, 1.165) is 6.42 Å². The fraction of sp³-hybridized carbons (Fsp3) is 0.538. The zero-order chi connectivity index (χ0) is 13.6. The van der Waals surface area contributed by atoms with Gasteiger partial charge < -0.3 is 5.73 Å². The van der Waals surface area contributed by atoms with Gasteiger partial charge in [0, 0.05) is 25.3 Å². The number of hydrogen-bond donors (Lipinski definition) is 1. The molecule has 0 spiro atoms. The van der Waals surface area contributed by atoms with Crippen molar-refractivity contribution in [2.45, 2.75) is 32.1 Å². The molecule has 102 valence electrons. The standard InChI is InChI=1S/C13H23N3OS/c1-4-10-15-18(17,16(5-2)6-3)13-9-7-8-12(14)11-13/h7-9,11H,4-6,10,14H2,1-3H3. The molecule has 0 amide bonds. The van der Waals surface area contributed by atoms with Crippen molar-refractivity contribution in [2.75, 3.05) is 25.4 Å². The van der Waals surface area contributed by atoms with Crippen LogP contribution in [0.2, 0.25) is 0 Å². The van der Waals surface area contributed by atoms with Crippen LogP contribution in [0.15, 0.2) is 33.5 Å². The molecule has 0 saturated heterocycles. The highest BCUT2D eigenvalue weighted by molar-refractivity contribution is 7.91. The lowest BCUT2D eigenvalue weighted by Gasteiger charge is -2.23. The summed E-state index contributed by atoms with van der Waals surface area (Å²) in [6.07, 6.45) is 0.889. The van der Waals surface area contributed by atoms with E-state index in [2.05, 4.69) is 4.36 Å². The van der Waals surface area contributed by atoms with Crippen LogP contribution >= 0.6 is 0 Å². The lowest BCUT2D eigenvalue weighted by Crippen LogP contribution is -2.30. The van der Waals surface area contributed by atoms with Crippen molar-refractivity contribution in [1.29, 1.82) is 0 Å². The van der Waals surface area contributed by atoms with Crippen molar-refractivity contribution in [3.8, 4) is 0 Å². The van der Waals surface area contributed by atoms with Gasteiger partial charge in [-0.05, 0) is 24.6 Å². The molecule has 1 aromatic rings. The van der Waals surface area contributed by atoms with E-state index in [1.54, 1.807) is 12.1 Å². The van der Waals surface area contributed by atoms with Gasteiger partial charge in [-0.25, -0.2) is 12.9 Å². The SMILES string of the molecule is CCCN=S(=O)(c1cccc(N)c1)N(CC)CC. The monoisotopic (exact) mass is 269 g/mol. The Bertz CT molecular complexity index is 489. The van der Waals surface area contributed by atoms with Crippen LogP contribution in [0, 0.1) is 0 Å². The van der Waals surface area contributed by atoms with Crippen LogP contribution in [-0.4, -0.2) is 28.1 Å². The third-order valence-electron chi connectivity index (χ3n) is 2.71. The second-order valence-electron chi connectivity index (χ2n) is 4.04. The summed E-state index contributed by atoms with van der Waals surface area (Å²) in [5.74, 6) is 0. The maximum Gasteiger partial charge on any atom is 0.139 e. The van der Waals surface area contributed by atoms with Gasteiger partial charge in [0.1, 0.15) is 9.92 Å². The Hall–Kier alpha value is -1.07. The predicted octanol–water partition coefficient (Wildman–Crippen LogP) is 2.76. The molecule has 0 aliphatic carbocycles. The Labute approximate surface area is 110 Å². The molecule has 0 fully saturated rings. The number of nitrogens with zero attached hydrogens (tertiary/aromatic N) is 2. The van der Waals surface area contributed by atoms with Crippen molar-refractivity contribution in [3.05, 3.63) is 24.3 Å². The lowest BCUT2D eigenvalue weighted by atomic mass is 10.3. The molecule has 1 rings (SSSR count). The summed E-state index contributed by atoms with van der Waals surface area (Å²) in [6, 6.07) is 7.23. The van der Waals surface area contributed by atoms with Gasteiger partial charge in [0.25, 0.3) is 0 Å². The molecular formula is C13H23N3OS. The largest absolute Gasteiger partial charge is 0.399 e. The van der Waals surface area contributed by atoms with E-state index >= 15 is 0 Å². The first kappa shape index (κ1) is 15.0. The summed E-state index contributed by atoms with van der Waals surface area (Å²) in [5, 5.41) is 0. The van der Waals surface area contributed by atoms with Crippen LogP contribution in [0.25, 0.3) is 0 Å². The number of hydrogen-bond acceptors (Lipinski definition) is 3. The summed E-state index contributed by atoms with van der Waals surface area (Å²) in [4.78, 5) is 0.708. The Morgan fingerprint density at radius 3 is 2.44 bits per heavy atom. The highest BCUT2D eigenvalue weighted by atomic mass is 32.2. The maximum absolute atomic E-state index is 13.2. The van der Waals surface area contributed by atoms with E-state index < -0.39 is 9.92 Å². The minimum Gasteiger partial charge on any atom is -0.399 e. The minimum absolute atomic E-state index is 0.601. The maximum atomic E-state index is 13.2. The molecule has 18 heavy (non-hydrogen) atoms. The molecule has 1 aromatic carbocycles. The molecule has 4 nitrogen and oxygen atoms in total. The van der Waals surface area contributed by atoms with E-state index in [-0.39, 0.29) is 0 Å². The van der Waals surface area contributed by atoms with Crippen LogP contribution in [-0.2, 0) is 9.92 Å². The molecule has 0 saturated carbocycles. The van der Waals surface area contributed by atoms with Gasteiger partial charge in [0.15, 0.2) is 0 Å². The highest BCUT2D eigenvalue weighted by Crippen LogP contribution is 2.20. The Balaban J connectivity index is 3.33. The van der Waals surface area contributed by atoms with Crippen LogP contribution in [0.4, 0.5) is 5.69 Å². The van der Waals surface area contributed by atoms with Crippen molar-refractivity contribution in [3.63, 3.8) is 0 Å². The van der Waals surface area contributed by atoms with Gasteiger partial charge in [-0.3, -0.25) is 0 Å². The van der Waals surface area contributed by atoms with Gasteiger partial charge in [-0.1, -0.05) is 26.8 Å². The molecule has 0 heterocycles. The van der Waals surface area contributed by atoms with Gasteiger partial charge in [0.2, 0.25) is 0 Å². The average Bonchev–Trinajstić information content (AvgIpc) is 2.37. The molecule has 0 aliphatic heterocycles. The number of anilines is 1. The highest BCUT2D eigenvalue weighted by Gasteiger charge is 2.19. The third-order valence-corrected chi connectivity index (χ3v) is 5.33. The number of benzene rings is 1. The molecule has 2 N–H and O–H groups in total. The van der Waals surface area contributed by atoms with Crippen LogP contribution in [0.3, 0.4) is 0 Å². The number of nitrogens with two attached hydrogens (primary N) is 1. The summed E-state index contributed by atoms with van der Waals surface area (Å²) in [7, 11) is -2.51. The van der Waals surface area contributed by atoms with E-state index in [1.807, 2.05) is 37.2 Å². The molecular weight excluding hydrogens is 246 g/mol. The Kier molecular flexibility index (Phi) is 5.62. The Morgan fingerprint density at radius 2 is 1.94 bits per heavy atom. The molecule has 0 aliphatic rings. The zero-order valence-corrected chi connectivity index (χ0v) is 12.2. The van der Waals surface area contributed by atoms with Gasteiger partial charge >= 0.3 is 0 Å². The summed E-state index contributed by atoms with van der Waals surface area (Å²) in [6.45, 7) is 8.04. The van der Waals surface area contributed by atoms with Crippen LogP contribution in [0.5, 0.6) is 0 Å². The lowest BCUT2D eigenvalue weighted by molar-refractivity contribution is 0.480. The average molecular weight is 269 g/mol. The fourth-order valence-corrected chi connectivity index (χ4v) is 4.06. The smallest absolute Gasteiger partial charge is 0.139 e. The summed E-state index contributed by atoms with van der Waals surface area (Å²) >= 11 is 0. The second-order valence-corrected chi connectivity index (χ2v) is 6.28. The second kappa shape index (κ2) is 6.75. The van der Waals surface area contributed by atoms with E-state index in [9.17, 15) is 4.21 Å². The first-order valence-corrected chi connectivity index (χ1v) is 7.89. The zero-order valence-electron chi connectivity index (χ0n) is 11.4. The van der Waals surface area contributed by atoms with Gasteiger partial charge in [-0.15, -0.1) is 0 Å². The normalized spacial score (nSPS) is 14.4. The predicted molar refractivity (Wildman–Crippen MR) is 77.8 cm³/mol. The molecule has 1 atom stereocenters. The van der Waals surface area contributed by atoms with Crippen molar-refractivity contribution in [2.24, 2.45) is 4.36 Å². The third kappa shape index (κ3) is 3.23. The fourth-order valence-electron chi connectivity index (χ4n) is 1.77. The molecule has 0 radical (unpaired) electrons. The van der Waals surface area contributed by atoms with Crippen molar-refractivity contribution in [1.82, 2.24) is 4.31 Å². The number of rotatable bonds is 6. The van der Waals surface area contributed by atoms with Gasteiger partial charge in [0.05, 0.1) is 4.90 Å². The summed E-state index contributed by atoms with van der Waals surface area (Å²) in [5.41, 5.74) is 6.41. The van der Waals surface area contributed by atoms with E-state index in [4.69, 9.17) is 5.73 Å². The molecule has 1 unspecified atom stereocenters. The first-order chi connectivity index (χ1) is 8.58. The minimum atomic E-state index is -2.51. The van der Waals surface area contributed by atoms with Crippen LogP contribution in [0.1, 0.15) is 27.2 Å². The van der Waals surface area contributed by atoms with Gasteiger partial charge in [-0.2, -0.15) is 0 Å². The molecule has 0 aromatic heterocycles. The Morgan fingerprint density at radius 1 is 1.28 bits per heavy atom. The topological polar surface area (TPSA) is 58.7 Å². The van der Waals surface area contributed by atoms with Crippen LogP contribution < -0.4 is 5.73 Å². The number of nitrogen functional groups attached to an aromatic ring is 1. The summed E-state index contributed by atoms with van der Waals surface area (Å²) < 4.78 is 19.5. The van der Waals surface area contributed by atoms with E-state index in [0.29, 0.717) is 30.2 Å². The molecule has 5 heteroatoms. The molecule has 0 bridgehead atoms. The van der Waals surface area contributed by atoms with Crippen molar-refractivity contribution >= 4 is 15.6 Å². The quantitative estimate of drug-likeness (QED) is 0.807. The van der Waals surface area contributed by atoms with Crippen molar-refractivity contribution < 1.29 is 4.21 Å².